The van der Waals surface area contributed by atoms with Crippen LogP contribution in [0.3, 0.4) is 0 Å². The normalized spacial score (nSPS) is 30.5. The number of hydrogen-bond donors (Lipinski definition) is 2. The molecule has 12 heavy (non-hydrogen) atoms. The van der Waals surface area contributed by atoms with E-state index in [4.69, 9.17) is 5.73 Å². The summed E-state index contributed by atoms with van der Waals surface area (Å²) in [5.74, 6) is 0.711. The van der Waals surface area contributed by atoms with Gasteiger partial charge in [0, 0.05) is 0 Å². The van der Waals surface area contributed by atoms with E-state index in [1.165, 1.54) is 12.8 Å². The first-order valence-corrected chi connectivity index (χ1v) is 4.41. The molecule has 1 atom stereocenters. The second kappa shape index (κ2) is 2.77. The molecule has 1 saturated carbocycles. The van der Waals surface area contributed by atoms with Gasteiger partial charge < -0.3 is 5.73 Å². The van der Waals surface area contributed by atoms with Crippen LogP contribution in [0, 0.1) is 5.92 Å². The number of nitrogens with two attached hydrogens (primary N) is 1. The van der Waals surface area contributed by atoms with Crippen LogP contribution in [-0.2, 0) is 4.79 Å². The number of rotatable bonds is 1. The Balaban J connectivity index is 2.07. The van der Waals surface area contributed by atoms with Gasteiger partial charge in [0.1, 0.15) is 6.04 Å². The molecule has 2 aliphatic rings. The summed E-state index contributed by atoms with van der Waals surface area (Å²) < 4.78 is 0. The molecule has 1 heterocycles. The van der Waals surface area contributed by atoms with Crippen molar-refractivity contribution in [2.24, 2.45) is 16.6 Å². The van der Waals surface area contributed by atoms with Crippen molar-refractivity contribution >= 4 is 11.9 Å². The highest BCUT2D eigenvalue weighted by Crippen LogP contribution is 2.30. The average molecular weight is 167 g/mol. The van der Waals surface area contributed by atoms with Gasteiger partial charge >= 0.3 is 0 Å². The summed E-state index contributed by atoms with van der Waals surface area (Å²) in [6.45, 7) is 0. The highest BCUT2D eigenvalue weighted by Gasteiger charge is 2.34. The van der Waals surface area contributed by atoms with Crippen molar-refractivity contribution in [1.82, 2.24) is 5.32 Å². The summed E-state index contributed by atoms with van der Waals surface area (Å²) in [4.78, 5) is 15.4. The van der Waals surface area contributed by atoms with Crippen LogP contribution < -0.4 is 11.1 Å². The van der Waals surface area contributed by atoms with Crippen molar-refractivity contribution in [3.8, 4) is 0 Å². The Kier molecular flexibility index (Phi) is 1.75. The third kappa shape index (κ3) is 1.17. The van der Waals surface area contributed by atoms with Crippen molar-refractivity contribution in [2.45, 2.75) is 31.7 Å². The fourth-order valence-corrected chi connectivity index (χ4v) is 2.03. The zero-order valence-corrected chi connectivity index (χ0v) is 6.92. The Morgan fingerprint density at radius 1 is 1.42 bits per heavy atom. The lowest BCUT2D eigenvalue weighted by Crippen LogP contribution is -2.34. The van der Waals surface area contributed by atoms with Crippen molar-refractivity contribution in [1.29, 1.82) is 0 Å². The second-order valence-corrected chi connectivity index (χ2v) is 3.49. The monoisotopic (exact) mass is 167 g/mol. The molecule has 3 N–H and O–H groups in total. The molecule has 2 rings (SSSR count). The van der Waals surface area contributed by atoms with E-state index in [1.54, 1.807) is 0 Å². The maximum Gasteiger partial charge on any atom is 0.251 e. The van der Waals surface area contributed by atoms with E-state index in [2.05, 4.69) is 10.3 Å². The second-order valence-electron chi connectivity index (χ2n) is 3.49. The lowest BCUT2D eigenvalue weighted by molar-refractivity contribution is -0.121. The van der Waals surface area contributed by atoms with Crippen LogP contribution in [0.2, 0.25) is 0 Å². The third-order valence-electron chi connectivity index (χ3n) is 2.64. The highest BCUT2D eigenvalue weighted by atomic mass is 16.2. The van der Waals surface area contributed by atoms with Crippen LogP contribution in [0.4, 0.5) is 0 Å². The topological polar surface area (TPSA) is 67.5 Å². The Bertz CT molecular complexity index is 230. The molecule has 1 fully saturated rings. The van der Waals surface area contributed by atoms with Gasteiger partial charge in [-0.2, -0.15) is 0 Å². The molecule has 4 nitrogen and oxygen atoms in total. The largest absolute Gasteiger partial charge is 0.370 e. The molecule has 0 spiro atoms. The number of aliphatic imine (C=N–C) groups is 1. The van der Waals surface area contributed by atoms with E-state index in [1.807, 2.05) is 0 Å². The number of amides is 1. The molecular weight excluding hydrogens is 154 g/mol. The van der Waals surface area contributed by atoms with E-state index in [9.17, 15) is 4.79 Å². The van der Waals surface area contributed by atoms with Crippen LogP contribution in [0.25, 0.3) is 0 Å². The molecule has 0 radical (unpaired) electrons. The molecule has 66 valence electrons. The van der Waals surface area contributed by atoms with Crippen molar-refractivity contribution in [3.05, 3.63) is 0 Å². The fourth-order valence-electron chi connectivity index (χ4n) is 2.03. The van der Waals surface area contributed by atoms with E-state index in [-0.39, 0.29) is 17.9 Å². The molecule has 0 aromatic carbocycles. The van der Waals surface area contributed by atoms with E-state index in [0.717, 1.165) is 12.8 Å². The van der Waals surface area contributed by atoms with E-state index < -0.39 is 0 Å². The van der Waals surface area contributed by atoms with Gasteiger partial charge in [0.15, 0.2) is 5.96 Å². The maximum absolute atomic E-state index is 11.3. The molecule has 1 aliphatic heterocycles. The summed E-state index contributed by atoms with van der Waals surface area (Å²) in [5, 5.41) is 2.53. The number of nitrogens with one attached hydrogen (secondary N) is 1. The van der Waals surface area contributed by atoms with Crippen LogP contribution in [-0.4, -0.2) is 17.9 Å². The summed E-state index contributed by atoms with van der Waals surface area (Å²) >= 11 is 0. The number of guanidine groups is 1. The SMILES string of the molecule is NC1=NC(C2CCCC2)C(=O)N1. The van der Waals surface area contributed by atoms with Crippen molar-refractivity contribution in [2.75, 3.05) is 0 Å². The zero-order chi connectivity index (χ0) is 8.55. The van der Waals surface area contributed by atoms with Crippen LogP contribution in [0.5, 0.6) is 0 Å². The molecule has 0 bridgehead atoms. The number of hydrogen-bond acceptors (Lipinski definition) is 3. The molecular formula is C8H13N3O. The highest BCUT2D eigenvalue weighted by molar-refractivity contribution is 6.04. The number of nitrogens with zero attached hydrogens (tertiary/aromatic N) is 1. The minimum absolute atomic E-state index is 0.0144. The smallest absolute Gasteiger partial charge is 0.251 e. The Morgan fingerprint density at radius 2 is 2.08 bits per heavy atom. The van der Waals surface area contributed by atoms with Crippen LogP contribution in [0.15, 0.2) is 4.99 Å². The Morgan fingerprint density at radius 3 is 2.58 bits per heavy atom. The summed E-state index contributed by atoms with van der Waals surface area (Å²) in [6.07, 6.45) is 4.69. The van der Waals surface area contributed by atoms with Gasteiger partial charge in [-0.15, -0.1) is 0 Å². The zero-order valence-electron chi connectivity index (χ0n) is 6.92. The summed E-state index contributed by atoms with van der Waals surface area (Å²) in [6, 6.07) is -0.188. The predicted molar refractivity (Wildman–Crippen MR) is 45.5 cm³/mol. The van der Waals surface area contributed by atoms with Crippen molar-refractivity contribution < 1.29 is 4.79 Å². The van der Waals surface area contributed by atoms with Gasteiger partial charge in [-0.1, -0.05) is 12.8 Å². The van der Waals surface area contributed by atoms with Gasteiger partial charge in [0.05, 0.1) is 0 Å². The lowest BCUT2D eigenvalue weighted by Gasteiger charge is -2.11. The quantitative estimate of drug-likeness (QED) is 0.576. The first kappa shape index (κ1) is 7.58. The molecule has 1 unspecified atom stereocenters. The van der Waals surface area contributed by atoms with Crippen LogP contribution in [0.1, 0.15) is 25.7 Å². The first-order valence-electron chi connectivity index (χ1n) is 4.41. The minimum atomic E-state index is -0.188. The van der Waals surface area contributed by atoms with Crippen LogP contribution >= 0.6 is 0 Å². The van der Waals surface area contributed by atoms with Gasteiger partial charge in [0.2, 0.25) is 0 Å². The molecule has 1 aliphatic carbocycles. The van der Waals surface area contributed by atoms with Gasteiger partial charge in [0.25, 0.3) is 5.91 Å². The minimum Gasteiger partial charge on any atom is -0.370 e. The lowest BCUT2D eigenvalue weighted by atomic mass is 9.99. The Labute approximate surface area is 71.2 Å². The van der Waals surface area contributed by atoms with Gasteiger partial charge in [-0.05, 0) is 18.8 Å². The third-order valence-corrected chi connectivity index (χ3v) is 2.64. The molecule has 4 heteroatoms. The standard InChI is InChI=1S/C8H13N3O/c9-8-10-6(7(12)11-8)5-3-1-2-4-5/h5-6H,1-4H2,(H3,9,10,11,12). The Hall–Kier alpha value is -1.06. The molecule has 0 aromatic rings. The van der Waals surface area contributed by atoms with E-state index in [0.29, 0.717) is 5.92 Å². The maximum atomic E-state index is 11.3. The molecule has 1 amide bonds. The summed E-state index contributed by atoms with van der Waals surface area (Å²) in [7, 11) is 0. The van der Waals surface area contributed by atoms with E-state index >= 15 is 0 Å². The summed E-state index contributed by atoms with van der Waals surface area (Å²) in [5.41, 5.74) is 5.40. The number of carbonyl (C=O) groups is 1. The molecule has 0 aromatic heterocycles. The average Bonchev–Trinajstić information content (AvgIpc) is 2.58. The fraction of sp³-hybridized carbons (Fsp3) is 0.750. The van der Waals surface area contributed by atoms with Crippen molar-refractivity contribution in [3.63, 3.8) is 0 Å². The molecule has 0 saturated heterocycles. The number of carbonyl (C=O) groups excluding carboxylic acids is 1. The van der Waals surface area contributed by atoms with Gasteiger partial charge in [-0.3, -0.25) is 10.1 Å². The predicted octanol–water partition coefficient (Wildman–Crippen LogP) is -0.0103. The van der Waals surface area contributed by atoms with Gasteiger partial charge in [-0.25, -0.2) is 4.99 Å². The first-order chi connectivity index (χ1) is 5.77.